The minimum absolute atomic E-state index is 0.0657. The Balaban J connectivity index is 0. The van der Waals surface area contributed by atoms with E-state index in [1.807, 2.05) is 46.8 Å². The van der Waals surface area contributed by atoms with Gasteiger partial charge in [0, 0.05) is 19.6 Å². The van der Waals surface area contributed by atoms with E-state index in [9.17, 15) is 4.39 Å². The van der Waals surface area contributed by atoms with Crippen molar-refractivity contribution in [3.63, 3.8) is 0 Å². The van der Waals surface area contributed by atoms with Gasteiger partial charge in [-0.25, -0.2) is 4.39 Å². The molecule has 3 rings (SSSR count). The van der Waals surface area contributed by atoms with Crippen LogP contribution in [0.1, 0.15) is 60.8 Å². The second-order valence-corrected chi connectivity index (χ2v) is 7.51. The van der Waals surface area contributed by atoms with Crippen LogP contribution in [0.5, 0.6) is 0 Å². The molecule has 1 fully saturated rings. The summed E-state index contributed by atoms with van der Waals surface area (Å²) in [6.07, 6.45) is 22.6. The molecule has 0 aromatic rings. The van der Waals surface area contributed by atoms with Crippen molar-refractivity contribution in [2.45, 2.75) is 79.1 Å². The van der Waals surface area contributed by atoms with Crippen molar-refractivity contribution < 1.29 is 4.39 Å². The van der Waals surface area contributed by atoms with Gasteiger partial charge in [-0.3, -0.25) is 4.90 Å². The van der Waals surface area contributed by atoms with Gasteiger partial charge in [0.15, 0.2) is 0 Å². The maximum Gasteiger partial charge on any atom is 0.129 e. The Kier molecular flexibility index (Phi) is 23.1. The number of allylic oxidation sites excluding steroid dienone is 7. The first-order chi connectivity index (χ1) is 17.1. The van der Waals surface area contributed by atoms with E-state index >= 15 is 0 Å². The summed E-state index contributed by atoms with van der Waals surface area (Å²) in [5.74, 6) is 0. The number of nitrogens with one attached hydrogen (secondary N) is 1. The van der Waals surface area contributed by atoms with E-state index in [-0.39, 0.29) is 12.1 Å². The third kappa shape index (κ3) is 12.7. The average molecular weight is 486 g/mol. The monoisotopic (exact) mass is 485 g/mol. The number of hydrogen-bond donors (Lipinski definition) is 2. The molecule has 0 aromatic carbocycles. The predicted octanol–water partition coefficient (Wildman–Crippen LogP) is 7.60. The first kappa shape index (κ1) is 34.7. The van der Waals surface area contributed by atoms with E-state index in [2.05, 4.69) is 79.1 Å². The van der Waals surface area contributed by atoms with Gasteiger partial charge in [0.25, 0.3) is 0 Å². The highest BCUT2D eigenvalue weighted by molar-refractivity contribution is 5.48. The van der Waals surface area contributed by atoms with Gasteiger partial charge in [-0.1, -0.05) is 102 Å². The SMILES string of the molecule is C=C/C=C\C(=C/C)C1C=C(C2=CCCC=C2)CN1C1CNCC1F.C=CCC.C=CN.CC.CC. The van der Waals surface area contributed by atoms with Crippen LogP contribution < -0.4 is 11.1 Å². The summed E-state index contributed by atoms with van der Waals surface area (Å²) >= 11 is 0. The highest BCUT2D eigenvalue weighted by atomic mass is 19.1. The van der Waals surface area contributed by atoms with E-state index in [1.165, 1.54) is 22.9 Å². The summed E-state index contributed by atoms with van der Waals surface area (Å²) < 4.78 is 14.4. The fourth-order valence-corrected chi connectivity index (χ4v) is 3.79. The van der Waals surface area contributed by atoms with Crippen molar-refractivity contribution in [1.82, 2.24) is 10.2 Å². The first-order valence-electron chi connectivity index (χ1n) is 13.1. The first-order valence-corrected chi connectivity index (χ1v) is 13.1. The van der Waals surface area contributed by atoms with Gasteiger partial charge in [0.2, 0.25) is 0 Å². The predicted molar refractivity (Wildman–Crippen MR) is 157 cm³/mol. The molecule has 1 aliphatic carbocycles. The van der Waals surface area contributed by atoms with Gasteiger partial charge in [-0.05, 0) is 49.1 Å². The molecule has 0 bridgehead atoms. The number of hydrogen-bond acceptors (Lipinski definition) is 3. The normalized spacial score (nSPS) is 23.1. The summed E-state index contributed by atoms with van der Waals surface area (Å²) in [5, 5.41) is 3.19. The van der Waals surface area contributed by atoms with Crippen LogP contribution in [0.3, 0.4) is 0 Å². The Labute approximate surface area is 216 Å². The zero-order chi connectivity index (χ0) is 27.1. The lowest BCUT2D eigenvalue weighted by molar-refractivity contribution is 0.152. The molecule has 2 heterocycles. The summed E-state index contributed by atoms with van der Waals surface area (Å²) in [6, 6.07) is 0.0598. The summed E-state index contributed by atoms with van der Waals surface area (Å²) in [7, 11) is 0. The van der Waals surface area contributed by atoms with Crippen molar-refractivity contribution in [2.24, 2.45) is 5.73 Å². The molecule has 1 saturated heterocycles. The highest BCUT2D eigenvalue weighted by Gasteiger charge is 2.39. The lowest BCUT2D eigenvalue weighted by Crippen LogP contribution is -2.45. The van der Waals surface area contributed by atoms with Gasteiger partial charge in [-0.15, -0.1) is 6.58 Å². The molecular weight excluding hydrogens is 433 g/mol. The third-order valence-corrected chi connectivity index (χ3v) is 5.36. The maximum atomic E-state index is 14.4. The lowest BCUT2D eigenvalue weighted by Gasteiger charge is -2.32. The van der Waals surface area contributed by atoms with Crippen LogP contribution in [-0.4, -0.2) is 42.8 Å². The van der Waals surface area contributed by atoms with E-state index in [1.54, 1.807) is 6.08 Å². The quantitative estimate of drug-likeness (QED) is 0.301. The Hall–Kier alpha value is -2.43. The van der Waals surface area contributed by atoms with Gasteiger partial charge < -0.3 is 11.1 Å². The second-order valence-electron chi connectivity index (χ2n) is 7.51. The van der Waals surface area contributed by atoms with Crippen LogP contribution in [0.15, 0.2) is 97.3 Å². The minimum Gasteiger partial charge on any atom is -0.405 e. The van der Waals surface area contributed by atoms with Crippen molar-refractivity contribution in [3.05, 3.63) is 97.3 Å². The fourth-order valence-electron chi connectivity index (χ4n) is 3.79. The van der Waals surface area contributed by atoms with Gasteiger partial charge in [0.05, 0.1) is 12.1 Å². The molecule has 0 aromatic heterocycles. The van der Waals surface area contributed by atoms with Gasteiger partial charge in [-0.2, -0.15) is 0 Å². The van der Waals surface area contributed by atoms with E-state index in [4.69, 9.17) is 0 Å². The molecule has 0 saturated carbocycles. The van der Waals surface area contributed by atoms with Crippen LogP contribution in [0.2, 0.25) is 0 Å². The molecule has 2 aliphatic heterocycles. The highest BCUT2D eigenvalue weighted by Crippen LogP contribution is 2.32. The summed E-state index contributed by atoms with van der Waals surface area (Å²) in [6.45, 7) is 24.5. The molecule has 4 heteroatoms. The molecule has 0 radical (unpaired) electrons. The largest absolute Gasteiger partial charge is 0.405 e. The van der Waals surface area contributed by atoms with E-state index in [0.29, 0.717) is 6.54 Å². The Morgan fingerprint density at radius 2 is 1.80 bits per heavy atom. The number of nitrogens with two attached hydrogens (primary N) is 1. The topological polar surface area (TPSA) is 41.3 Å². The van der Waals surface area contributed by atoms with Crippen LogP contribution in [-0.2, 0) is 0 Å². The molecule has 3 nitrogen and oxygen atoms in total. The van der Waals surface area contributed by atoms with Crippen molar-refractivity contribution in [1.29, 1.82) is 0 Å². The van der Waals surface area contributed by atoms with E-state index < -0.39 is 6.17 Å². The third-order valence-electron chi connectivity index (χ3n) is 5.36. The number of alkyl halides is 1. The molecule has 3 atom stereocenters. The van der Waals surface area contributed by atoms with Crippen LogP contribution in [0.25, 0.3) is 0 Å². The zero-order valence-corrected chi connectivity index (χ0v) is 23.3. The van der Waals surface area contributed by atoms with Crippen LogP contribution in [0, 0.1) is 0 Å². The van der Waals surface area contributed by atoms with Crippen molar-refractivity contribution in [2.75, 3.05) is 19.6 Å². The lowest BCUT2D eigenvalue weighted by atomic mass is 9.99. The molecule has 0 amide bonds. The zero-order valence-electron chi connectivity index (χ0n) is 23.3. The molecule has 3 unspecified atom stereocenters. The molecule has 0 spiro atoms. The Bertz CT molecular complexity index is 728. The second kappa shape index (κ2) is 23.3. The number of halogens is 1. The van der Waals surface area contributed by atoms with Crippen LogP contribution in [0.4, 0.5) is 4.39 Å². The summed E-state index contributed by atoms with van der Waals surface area (Å²) in [5.41, 5.74) is 8.43. The fraction of sp³-hybridized carbons (Fsp3) is 0.484. The number of nitrogens with zero attached hydrogens (tertiary/aromatic N) is 1. The smallest absolute Gasteiger partial charge is 0.129 e. The number of rotatable bonds is 6. The minimum atomic E-state index is -0.808. The molecule has 3 N–H and O–H groups in total. The molecule has 35 heavy (non-hydrogen) atoms. The maximum absolute atomic E-state index is 14.4. The summed E-state index contributed by atoms with van der Waals surface area (Å²) in [4.78, 5) is 2.31. The standard InChI is InChI=1S/C21H27FN2.C4H8.C2H5N.2C2H6/c1-3-5-9-16(4-2)20-12-18(17-10-7-6-8-11-17)15-24(20)21-14-23-13-19(21)22;1-3-4-2;1-2-3;2*1-2/h3-5,7,9-12,19-21,23H,1,6,8,13-15H2,2H3;3H,1,4H2,2H3;2H,1,3H2;2*1-2H3/b9-5-,16-4+;;;;. The van der Waals surface area contributed by atoms with Crippen LogP contribution >= 0.6 is 0 Å². The Morgan fingerprint density at radius 3 is 2.23 bits per heavy atom. The molecular formula is C31H52FN3. The van der Waals surface area contributed by atoms with Gasteiger partial charge in [0.1, 0.15) is 6.17 Å². The van der Waals surface area contributed by atoms with E-state index in [0.717, 1.165) is 32.4 Å². The molecule has 198 valence electrons. The van der Waals surface area contributed by atoms with Crippen molar-refractivity contribution >= 4 is 0 Å². The van der Waals surface area contributed by atoms with Crippen molar-refractivity contribution in [3.8, 4) is 0 Å². The molecule has 3 aliphatic rings. The van der Waals surface area contributed by atoms with Gasteiger partial charge >= 0.3 is 0 Å². The Morgan fingerprint density at radius 1 is 1.17 bits per heavy atom. The average Bonchev–Trinajstić information content (AvgIpc) is 3.54.